The van der Waals surface area contributed by atoms with E-state index in [2.05, 4.69) is 10.6 Å². The number of rotatable bonds is 3. The summed E-state index contributed by atoms with van der Waals surface area (Å²) in [6.07, 6.45) is 3.20. The van der Waals surface area contributed by atoms with Gasteiger partial charge in [-0.05, 0) is 45.2 Å². The lowest BCUT2D eigenvalue weighted by Gasteiger charge is -2.34. The minimum absolute atomic E-state index is 0.0549. The predicted molar refractivity (Wildman–Crippen MR) is 73.3 cm³/mol. The Hall–Kier alpha value is -1.35. The van der Waals surface area contributed by atoms with Crippen LogP contribution in [-0.2, 0) is 4.79 Å². The van der Waals surface area contributed by atoms with E-state index in [1.165, 1.54) is 0 Å². The van der Waals surface area contributed by atoms with Gasteiger partial charge in [-0.25, -0.2) is 0 Å². The van der Waals surface area contributed by atoms with Crippen molar-refractivity contribution in [2.45, 2.75) is 44.7 Å². The lowest BCUT2D eigenvalue weighted by Crippen LogP contribution is -2.57. The smallest absolute Gasteiger partial charge is 0.240 e. The predicted octanol–water partition coefficient (Wildman–Crippen LogP) is 2.40. The van der Waals surface area contributed by atoms with Crippen molar-refractivity contribution >= 4 is 5.91 Å². The number of hydrogen-bond acceptors (Lipinski definition) is 2. The second-order valence-corrected chi connectivity index (χ2v) is 5.32. The number of benzene rings is 1. The molecule has 1 fully saturated rings. The van der Waals surface area contributed by atoms with Crippen molar-refractivity contribution in [2.24, 2.45) is 0 Å². The van der Waals surface area contributed by atoms with E-state index in [4.69, 9.17) is 0 Å². The summed E-state index contributed by atoms with van der Waals surface area (Å²) < 4.78 is 0. The van der Waals surface area contributed by atoms with Crippen LogP contribution in [-0.4, -0.2) is 18.0 Å². The molecule has 0 aromatic heterocycles. The fraction of sp³-hybridized carbons (Fsp3) is 0.533. The number of nitrogens with one attached hydrogen (secondary N) is 2. The van der Waals surface area contributed by atoms with Crippen LogP contribution in [0.1, 0.15) is 44.7 Å². The number of carbonyl (C=O) groups is 1. The maximum atomic E-state index is 12.3. The fourth-order valence-corrected chi connectivity index (χ4v) is 2.43. The molecule has 2 N–H and O–H groups in total. The number of carbonyl (C=O) groups excluding carboxylic acids is 1. The van der Waals surface area contributed by atoms with Gasteiger partial charge in [-0.15, -0.1) is 0 Å². The van der Waals surface area contributed by atoms with Crippen molar-refractivity contribution in [3.05, 3.63) is 35.9 Å². The molecule has 98 valence electrons. The maximum absolute atomic E-state index is 12.3. The first-order valence-corrected chi connectivity index (χ1v) is 6.73. The summed E-state index contributed by atoms with van der Waals surface area (Å²) in [5.41, 5.74) is 0.742. The summed E-state index contributed by atoms with van der Waals surface area (Å²) in [7, 11) is 0. The van der Waals surface area contributed by atoms with E-state index in [1.807, 2.05) is 44.2 Å². The van der Waals surface area contributed by atoms with Gasteiger partial charge in [0.2, 0.25) is 5.91 Å². The highest BCUT2D eigenvalue weighted by Crippen LogP contribution is 2.20. The molecular weight excluding hydrogens is 224 g/mol. The van der Waals surface area contributed by atoms with Gasteiger partial charge in [-0.1, -0.05) is 30.3 Å². The molecule has 3 heteroatoms. The molecular formula is C15H22N2O. The minimum atomic E-state index is -0.401. The zero-order valence-corrected chi connectivity index (χ0v) is 11.2. The van der Waals surface area contributed by atoms with E-state index in [0.29, 0.717) is 0 Å². The fourth-order valence-electron chi connectivity index (χ4n) is 2.43. The van der Waals surface area contributed by atoms with Crippen LogP contribution in [0.4, 0.5) is 0 Å². The normalized spacial score (nSPS) is 25.4. The average molecular weight is 246 g/mol. The van der Waals surface area contributed by atoms with Gasteiger partial charge < -0.3 is 10.6 Å². The van der Waals surface area contributed by atoms with Crippen LogP contribution in [0.5, 0.6) is 0 Å². The summed E-state index contributed by atoms with van der Waals surface area (Å²) in [4.78, 5) is 12.3. The molecule has 1 saturated heterocycles. The Morgan fingerprint density at radius 3 is 2.67 bits per heavy atom. The largest absolute Gasteiger partial charge is 0.348 e. The summed E-state index contributed by atoms with van der Waals surface area (Å²) in [5.74, 6) is 0.110. The zero-order valence-electron chi connectivity index (χ0n) is 11.2. The van der Waals surface area contributed by atoms with Crippen LogP contribution < -0.4 is 10.6 Å². The molecule has 2 rings (SSSR count). The van der Waals surface area contributed by atoms with Crippen LogP contribution in [0.2, 0.25) is 0 Å². The standard InChI is InChI=1S/C15H22N2O/c1-12(13-8-4-3-5-9-13)17-14(18)15(2)10-6-7-11-16-15/h3-5,8-9,12,16H,6-7,10-11H2,1-2H3,(H,17,18). The van der Waals surface area contributed by atoms with Crippen molar-refractivity contribution in [1.29, 1.82) is 0 Å². The minimum Gasteiger partial charge on any atom is -0.348 e. The van der Waals surface area contributed by atoms with Crippen LogP contribution >= 0.6 is 0 Å². The molecule has 0 saturated carbocycles. The van der Waals surface area contributed by atoms with E-state index < -0.39 is 5.54 Å². The highest BCUT2D eigenvalue weighted by molar-refractivity contribution is 5.86. The lowest BCUT2D eigenvalue weighted by molar-refractivity contribution is -0.128. The highest BCUT2D eigenvalue weighted by Gasteiger charge is 2.34. The second-order valence-electron chi connectivity index (χ2n) is 5.32. The zero-order chi connectivity index (χ0) is 13.0. The van der Waals surface area contributed by atoms with Crippen LogP contribution in [0.3, 0.4) is 0 Å². The molecule has 0 bridgehead atoms. The van der Waals surface area contributed by atoms with Gasteiger partial charge in [-0.2, -0.15) is 0 Å². The SMILES string of the molecule is CC(NC(=O)C1(C)CCCCN1)c1ccccc1. The van der Waals surface area contributed by atoms with Gasteiger partial charge in [0.25, 0.3) is 0 Å². The maximum Gasteiger partial charge on any atom is 0.240 e. The van der Waals surface area contributed by atoms with E-state index in [-0.39, 0.29) is 11.9 Å². The van der Waals surface area contributed by atoms with Crippen molar-refractivity contribution in [2.75, 3.05) is 6.54 Å². The third-order valence-electron chi connectivity index (χ3n) is 3.77. The third-order valence-corrected chi connectivity index (χ3v) is 3.77. The molecule has 1 aliphatic heterocycles. The Kier molecular flexibility index (Phi) is 4.02. The molecule has 0 spiro atoms. The monoisotopic (exact) mass is 246 g/mol. The molecule has 18 heavy (non-hydrogen) atoms. The summed E-state index contributed by atoms with van der Waals surface area (Å²) in [5, 5.41) is 6.44. The van der Waals surface area contributed by atoms with E-state index in [9.17, 15) is 4.79 Å². The number of hydrogen-bond donors (Lipinski definition) is 2. The summed E-state index contributed by atoms with van der Waals surface area (Å²) >= 11 is 0. The summed E-state index contributed by atoms with van der Waals surface area (Å²) in [6, 6.07) is 10.1. The summed E-state index contributed by atoms with van der Waals surface area (Å²) in [6.45, 7) is 4.96. The first kappa shape index (κ1) is 13.1. The molecule has 1 heterocycles. The molecule has 1 aliphatic rings. The van der Waals surface area contributed by atoms with Crippen molar-refractivity contribution in [3.63, 3.8) is 0 Å². The topological polar surface area (TPSA) is 41.1 Å². The number of amides is 1. The van der Waals surface area contributed by atoms with Gasteiger partial charge in [-0.3, -0.25) is 4.79 Å². The molecule has 0 aliphatic carbocycles. The first-order valence-electron chi connectivity index (χ1n) is 6.73. The lowest BCUT2D eigenvalue weighted by atomic mass is 9.89. The molecule has 2 unspecified atom stereocenters. The molecule has 2 atom stereocenters. The van der Waals surface area contributed by atoms with E-state index in [0.717, 1.165) is 31.4 Å². The number of piperidine rings is 1. The van der Waals surface area contributed by atoms with Gasteiger partial charge in [0, 0.05) is 0 Å². The van der Waals surface area contributed by atoms with Gasteiger partial charge in [0.1, 0.15) is 0 Å². The highest BCUT2D eigenvalue weighted by atomic mass is 16.2. The first-order chi connectivity index (χ1) is 8.62. The third kappa shape index (κ3) is 2.91. The van der Waals surface area contributed by atoms with E-state index >= 15 is 0 Å². The Morgan fingerprint density at radius 2 is 2.06 bits per heavy atom. The molecule has 3 nitrogen and oxygen atoms in total. The van der Waals surface area contributed by atoms with Crippen molar-refractivity contribution in [3.8, 4) is 0 Å². The Bertz CT molecular complexity index is 396. The van der Waals surface area contributed by atoms with Gasteiger partial charge in [0.15, 0.2) is 0 Å². The Balaban J connectivity index is 1.98. The van der Waals surface area contributed by atoms with Crippen molar-refractivity contribution in [1.82, 2.24) is 10.6 Å². The van der Waals surface area contributed by atoms with Crippen LogP contribution in [0, 0.1) is 0 Å². The van der Waals surface area contributed by atoms with Gasteiger partial charge in [0.05, 0.1) is 11.6 Å². The molecule has 1 aromatic rings. The molecule has 1 aromatic carbocycles. The quantitative estimate of drug-likeness (QED) is 0.860. The molecule has 0 radical (unpaired) electrons. The molecule has 1 amide bonds. The van der Waals surface area contributed by atoms with E-state index in [1.54, 1.807) is 0 Å². The van der Waals surface area contributed by atoms with Crippen LogP contribution in [0.25, 0.3) is 0 Å². The Morgan fingerprint density at radius 1 is 1.33 bits per heavy atom. The second kappa shape index (κ2) is 5.53. The van der Waals surface area contributed by atoms with Crippen molar-refractivity contribution < 1.29 is 4.79 Å². The Labute approximate surface area is 109 Å². The average Bonchev–Trinajstić information content (AvgIpc) is 2.40. The van der Waals surface area contributed by atoms with Crippen LogP contribution in [0.15, 0.2) is 30.3 Å². The van der Waals surface area contributed by atoms with Gasteiger partial charge >= 0.3 is 0 Å².